The molecule has 0 aliphatic carbocycles. The van der Waals surface area contributed by atoms with Gasteiger partial charge in [0.2, 0.25) is 5.91 Å². The molecule has 2 aliphatic heterocycles. The summed E-state index contributed by atoms with van der Waals surface area (Å²) in [5, 5.41) is 0. The lowest BCUT2D eigenvalue weighted by molar-refractivity contribution is -0.134. The number of anilines is 1. The second kappa shape index (κ2) is 9.42. The maximum atomic E-state index is 12.8. The quantitative estimate of drug-likeness (QED) is 0.783. The van der Waals surface area contributed by atoms with Gasteiger partial charge in [-0.25, -0.2) is 0 Å². The summed E-state index contributed by atoms with van der Waals surface area (Å²) in [7, 11) is 0. The molecule has 29 heavy (non-hydrogen) atoms. The predicted octanol–water partition coefficient (Wildman–Crippen LogP) is 2.71. The number of rotatable bonds is 5. The molecule has 1 atom stereocenters. The molecule has 2 fully saturated rings. The van der Waals surface area contributed by atoms with E-state index in [-0.39, 0.29) is 5.91 Å². The van der Waals surface area contributed by atoms with Crippen LogP contribution in [-0.2, 0) is 4.79 Å². The highest BCUT2D eigenvalue weighted by Gasteiger charge is 2.26. The van der Waals surface area contributed by atoms with Gasteiger partial charge < -0.3 is 9.80 Å². The number of hydrogen-bond donors (Lipinski definition) is 0. The van der Waals surface area contributed by atoms with Crippen LogP contribution in [0.25, 0.3) is 0 Å². The summed E-state index contributed by atoms with van der Waals surface area (Å²) in [5.41, 5.74) is 2.63. The number of hydrogen-bond acceptors (Lipinski definition) is 4. The van der Waals surface area contributed by atoms with Crippen molar-refractivity contribution in [2.24, 2.45) is 0 Å². The highest BCUT2D eigenvalue weighted by atomic mass is 16.2. The molecule has 0 spiro atoms. The zero-order valence-corrected chi connectivity index (χ0v) is 17.4. The Morgan fingerprint density at radius 3 is 2.00 bits per heavy atom. The minimum Gasteiger partial charge on any atom is -0.369 e. The number of amides is 1. The molecule has 154 valence electrons. The van der Waals surface area contributed by atoms with Crippen molar-refractivity contribution in [2.75, 3.05) is 63.8 Å². The summed E-state index contributed by atoms with van der Waals surface area (Å²) < 4.78 is 0. The third kappa shape index (κ3) is 4.98. The van der Waals surface area contributed by atoms with Crippen LogP contribution < -0.4 is 4.90 Å². The number of piperazine rings is 2. The van der Waals surface area contributed by atoms with E-state index in [4.69, 9.17) is 0 Å². The minimum absolute atomic E-state index is 0.283. The molecular weight excluding hydrogens is 360 g/mol. The first kappa shape index (κ1) is 19.9. The molecule has 5 heteroatoms. The van der Waals surface area contributed by atoms with Crippen molar-refractivity contribution in [3.8, 4) is 0 Å². The lowest BCUT2D eigenvalue weighted by atomic mass is 10.1. The smallest absolute Gasteiger partial charge is 0.236 e. The van der Waals surface area contributed by atoms with Crippen molar-refractivity contribution in [1.82, 2.24) is 14.7 Å². The Balaban J connectivity index is 1.21. The Morgan fingerprint density at radius 2 is 1.38 bits per heavy atom. The summed E-state index contributed by atoms with van der Waals surface area (Å²) in [6, 6.07) is 21.6. The average molecular weight is 393 g/mol. The lowest BCUT2D eigenvalue weighted by Crippen LogP contribution is -2.54. The monoisotopic (exact) mass is 392 g/mol. The van der Waals surface area contributed by atoms with Crippen LogP contribution >= 0.6 is 0 Å². The highest BCUT2D eigenvalue weighted by molar-refractivity contribution is 5.78. The van der Waals surface area contributed by atoms with Crippen LogP contribution in [0.1, 0.15) is 18.5 Å². The van der Waals surface area contributed by atoms with Gasteiger partial charge in [-0.3, -0.25) is 14.6 Å². The topological polar surface area (TPSA) is 30.0 Å². The molecule has 4 rings (SSSR count). The van der Waals surface area contributed by atoms with Crippen LogP contribution in [0.5, 0.6) is 0 Å². The third-order valence-corrected chi connectivity index (χ3v) is 6.35. The van der Waals surface area contributed by atoms with E-state index in [1.165, 1.54) is 11.3 Å². The van der Waals surface area contributed by atoms with E-state index in [0.29, 0.717) is 12.6 Å². The van der Waals surface area contributed by atoms with Crippen molar-refractivity contribution in [3.05, 3.63) is 66.2 Å². The second-order valence-corrected chi connectivity index (χ2v) is 8.10. The molecule has 2 heterocycles. The van der Waals surface area contributed by atoms with E-state index in [1.807, 2.05) is 0 Å². The van der Waals surface area contributed by atoms with E-state index in [1.54, 1.807) is 0 Å². The Hall–Kier alpha value is -2.37. The second-order valence-electron chi connectivity index (χ2n) is 8.10. The fraction of sp³-hybridized carbons (Fsp3) is 0.458. The summed E-state index contributed by atoms with van der Waals surface area (Å²) >= 11 is 0. The molecule has 0 bridgehead atoms. The van der Waals surface area contributed by atoms with Crippen molar-refractivity contribution >= 4 is 11.6 Å². The molecule has 5 nitrogen and oxygen atoms in total. The first-order valence-electron chi connectivity index (χ1n) is 10.8. The predicted molar refractivity (Wildman–Crippen MR) is 118 cm³/mol. The molecular formula is C24H32N4O. The largest absolute Gasteiger partial charge is 0.369 e. The van der Waals surface area contributed by atoms with Crippen LogP contribution in [0.3, 0.4) is 0 Å². The van der Waals surface area contributed by atoms with Gasteiger partial charge in [-0.2, -0.15) is 0 Å². The standard InChI is InChI=1S/C24H32N4O/c1-21(22-8-4-2-5-9-22)26-16-18-28(19-17-26)24(29)20-25-12-14-27(15-13-25)23-10-6-3-7-11-23/h2-11,21H,12-20H2,1H3/t21-/m1/s1. The zero-order valence-electron chi connectivity index (χ0n) is 17.4. The molecule has 2 saturated heterocycles. The van der Waals surface area contributed by atoms with Crippen LogP contribution in [0.4, 0.5) is 5.69 Å². The maximum absolute atomic E-state index is 12.8. The SMILES string of the molecule is C[C@H](c1ccccc1)N1CCN(C(=O)CN2CCN(c3ccccc3)CC2)CC1. The number of benzene rings is 2. The lowest BCUT2D eigenvalue weighted by Gasteiger charge is -2.40. The van der Waals surface area contributed by atoms with E-state index in [9.17, 15) is 4.79 Å². The first-order valence-corrected chi connectivity index (χ1v) is 10.8. The minimum atomic E-state index is 0.283. The van der Waals surface area contributed by atoms with Crippen molar-refractivity contribution in [1.29, 1.82) is 0 Å². The summed E-state index contributed by atoms with van der Waals surface area (Å²) in [5.74, 6) is 0.283. The fourth-order valence-electron chi connectivity index (χ4n) is 4.40. The zero-order chi connectivity index (χ0) is 20.1. The van der Waals surface area contributed by atoms with E-state index >= 15 is 0 Å². The normalized spacial score (nSPS) is 19.9. The number of para-hydroxylation sites is 1. The van der Waals surface area contributed by atoms with Crippen LogP contribution in [0.2, 0.25) is 0 Å². The number of carbonyl (C=O) groups is 1. The molecule has 0 N–H and O–H groups in total. The Kier molecular flexibility index (Phi) is 6.47. The Labute approximate surface area is 174 Å². The fourth-order valence-corrected chi connectivity index (χ4v) is 4.40. The molecule has 2 aromatic carbocycles. The Morgan fingerprint density at radius 1 is 0.793 bits per heavy atom. The van der Waals surface area contributed by atoms with Gasteiger partial charge in [0.15, 0.2) is 0 Å². The van der Waals surface area contributed by atoms with Gasteiger partial charge in [0.1, 0.15) is 0 Å². The summed E-state index contributed by atoms with van der Waals surface area (Å²) in [6.07, 6.45) is 0. The number of carbonyl (C=O) groups excluding carboxylic acids is 1. The van der Waals surface area contributed by atoms with E-state index < -0.39 is 0 Å². The molecule has 1 amide bonds. The molecule has 0 aromatic heterocycles. The first-order chi connectivity index (χ1) is 14.2. The van der Waals surface area contributed by atoms with Crippen LogP contribution in [0, 0.1) is 0 Å². The van der Waals surface area contributed by atoms with Gasteiger partial charge >= 0.3 is 0 Å². The molecule has 2 aliphatic rings. The van der Waals surface area contributed by atoms with E-state index in [0.717, 1.165) is 52.4 Å². The molecule has 0 unspecified atom stereocenters. The number of nitrogens with zero attached hydrogens (tertiary/aromatic N) is 4. The summed E-state index contributed by atoms with van der Waals surface area (Å²) in [4.78, 5) is 22.1. The van der Waals surface area contributed by atoms with Crippen molar-refractivity contribution in [2.45, 2.75) is 13.0 Å². The average Bonchev–Trinajstić information content (AvgIpc) is 2.80. The summed E-state index contributed by atoms with van der Waals surface area (Å²) in [6.45, 7) is 10.2. The Bertz CT molecular complexity index is 766. The third-order valence-electron chi connectivity index (χ3n) is 6.35. The maximum Gasteiger partial charge on any atom is 0.236 e. The van der Waals surface area contributed by atoms with Crippen molar-refractivity contribution < 1.29 is 4.79 Å². The van der Waals surface area contributed by atoms with Crippen LogP contribution in [-0.4, -0.2) is 79.5 Å². The molecule has 2 aromatic rings. The van der Waals surface area contributed by atoms with Gasteiger partial charge in [0.05, 0.1) is 6.54 Å². The van der Waals surface area contributed by atoms with Gasteiger partial charge in [-0.1, -0.05) is 48.5 Å². The molecule has 0 saturated carbocycles. The highest BCUT2D eigenvalue weighted by Crippen LogP contribution is 2.21. The van der Waals surface area contributed by atoms with Gasteiger partial charge in [-0.15, -0.1) is 0 Å². The van der Waals surface area contributed by atoms with Crippen molar-refractivity contribution in [3.63, 3.8) is 0 Å². The van der Waals surface area contributed by atoms with Gasteiger partial charge in [0.25, 0.3) is 0 Å². The van der Waals surface area contributed by atoms with Gasteiger partial charge in [0, 0.05) is 64.1 Å². The van der Waals surface area contributed by atoms with E-state index in [2.05, 4.69) is 87.2 Å². The van der Waals surface area contributed by atoms with Crippen LogP contribution in [0.15, 0.2) is 60.7 Å². The van der Waals surface area contributed by atoms with Gasteiger partial charge in [-0.05, 0) is 24.6 Å². The molecule has 0 radical (unpaired) electrons.